The minimum absolute atomic E-state index is 0. The summed E-state index contributed by atoms with van der Waals surface area (Å²) in [6, 6.07) is 0. The van der Waals surface area contributed by atoms with Gasteiger partial charge in [0.15, 0.2) is 0 Å². The van der Waals surface area contributed by atoms with Gasteiger partial charge in [0.25, 0.3) is 0 Å². The Morgan fingerprint density at radius 1 is 0.875 bits per heavy atom. The fraction of sp³-hybridized carbons (Fsp3) is 0.875. The molecule has 0 radical (unpaired) electrons. The fourth-order valence-corrected chi connectivity index (χ4v) is 3.91. The van der Waals surface area contributed by atoms with Gasteiger partial charge in [0.05, 0.1) is 19.1 Å². The van der Waals surface area contributed by atoms with Crippen molar-refractivity contribution in [1.82, 2.24) is 0 Å². The second-order valence-electron chi connectivity index (χ2n) is 8.48. The largest absolute Gasteiger partial charge is 1.00 e. The first kappa shape index (κ1) is 33.9. The maximum atomic E-state index is 12.7. The number of unbranched alkanes of at least 4 members (excludes halogenated alkanes) is 2. The first-order chi connectivity index (χ1) is 15.0. The van der Waals surface area contributed by atoms with Gasteiger partial charge in [-0.3, -0.25) is 9.59 Å². The van der Waals surface area contributed by atoms with Crippen LogP contribution in [0.1, 0.15) is 98.3 Å². The van der Waals surface area contributed by atoms with Crippen molar-refractivity contribution < 1.29 is 57.0 Å². The van der Waals surface area contributed by atoms with Crippen LogP contribution in [-0.2, 0) is 30.6 Å². The predicted octanol–water partition coefficient (Wildman–Crippen LogP) is 2.46. The van der Waals surface area contributed by atoms with E-state index in [4.69, 9.17) is 17.9 Å². The maximum absolute atomic E-state index is 12.7. The number of rotatable bonds is 14. The van der Waals surface area contributed by atoms with Crippen LogP contribution in [0.3, 0.4) is 0 Å². The number of hydrogen-bond acceptors (Lipinski definition) is 6. The van der Waals surface area contributed by atoms with E-state index in [0.29, 0.717) is 37.9 Å². The molecule has 6 nitrogen and oxygen atoms in total. The molecule has 1 rings (SSSR count). The van der Waals surface area contributed by atoms with Crippen LogP contribution in [0.15, 0.2) is 0 Å². The third-order valence-electron chi connectivity index (χ3n) is 6.20. The summed E-state index contributed by atoms with van der Waals surface area (Å²) in [5, 5.41) is 0. The number of hydrogen-bond donors (Lipinski definition) is 0. The van der Waals surface area contributed by atoms with Crippen molar-refractivity contribution in [3.8, 4) is 0 Å². The van der Waals surface area contributed by atoms with Gasteiger partial charge in [0.1, 0.15) is 0 Å². The van der Waals surface area contributed by atoms with Gasteiger partial charge in [-0.2, -0.15) is 21.3 Å². The van der Waals surface area contributed by atoms with E-state index < -0.39 is 11.6 Å². The van der Waals surface area contributed by atoms with E-state index in [0.717, 1.165) is 44.9 Å². The zero-order valence-electron chi connectivity index (χ0n) is 20.9. The van der Waals surface area contributed by atoms with Crippen LogP contribution < -0.4 is 29.6 Å². The van der Waals surface area contributed by atoms with Crippen molar-refractivity contribution in [2.75, 3.05) is 13.2 Å². The zero-order chi connectivity index (χ0) is 23.5. The van der Waals surface area contributed by atoms with Gasteiger partial charge < -0.3 is 15.9 Å². The summed E-state index contributed by atoms with van der Waals surface area (Å²) >= 11 is -0.750. The topological polar surface area (TPSA) is 86.7 Å². The Hall–Kier alpha value is -0.240. The van der Waals surface area contributed by atoms with Gasteiger partial charge >= 0.3 is 53.1 Å². The summed E-state index contributed by atoms with van der Waals surface area (Å²) in [6.07, 6.45) is 13.2. The number of carbonyl (C=O) groups excluding carboxylic acids is 2. The van der Waals surface area contributed by atoms with Crippen LogP contribution in [-0.4, -0.2) is 33.6 Å². The van der Waals surface area contributed by atoms with Crippen LogP contribution in [0.5, 0.6) is 0 Å². The Labute approximate surface area is 221 Å². The van der Waals surface area contributed by atoms with E-state index >= 15 is 0 Å². The summed E-state index contributed by atoms with van der Waals surface area (Å²) in [6.45, 7) is 9.60. The number of carbonyl (C=O) groups is 2. The monoisotopic (exact) mass is 482 g/mol. The molecule has 0 aliphatic heterocycles. The summed E-state index contributed by atoms with van der Waals surface area (Å²) < 4.78 is 27.9. The molecule has 0 N–H and O–H groups in total. The van der Waals surface area contributed by atoms with Crippen LogP contribution >= 0.6 is 0 Å². The smallest absolute Gasteiger partial charge is 0.465 e. The Balaban J connectivity index is 0. The summed E-state index contributed by atoms with van der Waals surface area (Å²) in [5.41, 5.74) is 0. The summed E-state index contributed by atoms with van der Waals surface area (Å²) in [5.74, 6) is -0.300. The molecule has 4 unspecified atom stereocenters. The van der Waals surface area contributed by atoms with Crippen molar-refractivity contribution in [1.29, 1.82) is 0 Å². The molecule has 1 aliphatic carbocycles. The minimum atomic E-state index is -0.750. The first-order valence-corrected chi connectivity index (χ1v) is 12.7. The van der Waals surface area contributed by atoms with E-state index in [2.05, 4.69) is 34.1 Å². The summed E-state index contributed by atoms with van der Waals surface area (Å²) in [4.78, 5) is 25.4. The molecule has 0 heterocycles. The minimum Gasteiger partial charge on any atom is -0.465 e. The Kier molecular flexibility index (Phi) is 23.9. The van der Waals surface area contributed by atoms with Crippen LogP contribution in [0.2, 0.25) is 0 Å². The molecule has 0 aromatic heterocycles. The van der Waals surface area contributed by atoms with Crippen molar-refractivity contribution in [2.24, 2.45) is 23.7 Å². The molecule has 182 valence electrons. The third kappa shape index (κ3) is 14.8. The third-order valence-corrected chi connectivity index (χ3v) is 6.20. The Morgan fingerprint density at radius 2 is 1.31 bits per heavy atom. The normalized spacial score (nSPS) is 19.4. The summed E-state index contributed by atoms with van der Waals surface area (Å²) in [7, 11) is 0. The quantitative estimate of drug-likeness (QED) is 0.215. The first-order valence-electron chi connectivity index (χ1n) is 12.0. The Bertz CT molecular complexity index is 485. The average molecular weight is 483 g/mol. The van der Waals surface area contributed by atoms with Gasteiger partial charge in [-0.15, -0.1) is 0 Å². The van der Waals surface area contributed by atoms with Crippen molar-refractivity contribution in [2.45, 2.75) is 98.3 Å². The second kappa shape index (κ2) is 22.5. The van der Waals surface area contributed by atoms with Crippen molar-refractivity contribution in [3.63, 3.8) is 0 Å². The molecular formula is C24H43NaO6S. The molecule has 1 fully saturated rings. The van der Waals surface area contributed by atoms with Gasteiger partial charge in [-0.25, -0.2) is 0 Å². The average Bonchev–Trinajstić information content (AvgIpc) is 2.79. The van der Waals surface area contributed by atoms with Gasteiger partial charge in [-0.05, 0) is 24.7 Å². The van der Waals surface area contributed by atoms with Crippen molar-refractivity contribution in [3.05, 3.63) is 6.42 Å². The van der Waals surface area contributed by atoms with Gasteiger partial charge in [0.2, 0.25) is 0 Å². The molecule has 0 aromatic carbocycles. The van der Waals surface area contributed by atoms with E-state index in [1.165, 1.54) is 12.8 Å². The predicted molar refractivity (Wildman–Crippen MR) is 123 cm³/mol. The van der Waals surface area contributed by atoms with E-state index in [1.807, 2.05) is 0 Å². The zero-order valence-corrected chi connectivity index (χ0v) is 23.8. The van der Waals surface area contributed by atoms with Crippen LogP contribution in [0.4, 0.5) is 0 Å². The molecule has 1 aliphatic rings. The van der Waals surface area contributed by atoms with Gasteiger partial charge in [0, 0.05) is 5.92 Å². The van der Waals surface area contributed by atoms with Gasteiger partial charge in [-0.1, -0.05) is 72.6 Å². The van der Waals surface area contributed by atoms with E-state index in [9.17, 15) is 9.59 Å². The number of ether oxygens (including phenoxy) is 2. The van der Waals surface area contributed by atoms with E-state index in [-0.39, 0.29) is 53.3 Å². The molecule has 0 aromatic rings. The molecule has 8 heteroatoms. The molecule has 4 atom stereocenters. The SMILES string of the molecule is CCCCC(CC)COC(=O)C1C[CH-]CCC1C(=O)OCC(CC)CCCC.O=S=O.[Na+]. The molecule has 32 heavy (non-hydrogen) atoms. The Morgan fingerprint density at radius 3 is 1.72 bits per heavy atom. The molecule has 0 amide bonds. The van der Waals surface area contributed by atoms with Crippen LogP contribution in [0, 0.1) is 30.1 Å². The van der Waals surface area contributed by atoms with Crippen molar-refractivity contribution >= 4 is 23.5 Å². The molecule has 0 spiro atoms. The number of esters is 2. The molecule has 1 saturated carbocycles. The van der Waals surface area contributed by atoms with Crippen LogP contribution in [0.25, 0.3) is 0 Å². The molecule has 0 bridgehead atoms. The molecule has 0 saturated heterocycles. The van der Waals surface area contributed by atoms with E-state index in [1.54, 1.807) is 0 Å². The fourth-order valence-electron chi connectivity index (χ4n) is 3.91. The standard InChI is InChI=1S/C24H43O4.Na.O2S/c1-5-9-13-19(7-3)17-27-23(25)21-15-11-12-16-22(21)24(26)28-18-20(8-4)14-10-6-2;;1-3-2/h11,19-22H,5-10,12-18H2,1-4H3;;/q-1;+1;. The second-order valence-corrected chi connectivity index (χ2v) is 8.61. The molecular weight excluding hydrogens is 439 g/mol. The maximum Gasteiger partial charge on any atom is 1.00 e.